The van der Waals surface area contributed by atoms with Crippen LogP contribution in [-0.2, 0) is 6.54 Å². The number of guanidine groups is 1. The zero-order chi connectivity index (χ0) is 18.1. The van der Waals surface area contributed by atoms with Crippen LogP contribution < -0.4 is 5.32 Å². The van der Waals surface area contributed by atoms with Gasteiger partial charge in [0.1, 0.15) is 5.82 Å². The molecule has 6 nitrogen and oxygen atoms in total. The predicted octanol–water partition coefficient (Wildman–Crippen LogP) is 2.35. The monoisotopic (exact) mass is 348 g/mol. The van der Waals surface area contributed by atoms with Crippen LogP contribution in [0.5, 0.6) is 0 Å². The fourth-order valence-electron chi connectivity index (χ4n) is 3.61. The van der Waals surface area contributed by atoms with Crippen LogP contribution in [0.2, 0.25) is 0 Å². The molecule has 0 saturated carbocycles. The van der Waals surface area contributed by atoms with Crippen molar-refractivity contribution in [2.24, 2.45) is 4.99 Å². The van der Waals surface area contributed by atoms with E-state index < -0.39 is 0 Å². The van der Waals surface area contributed by atoms with Crippen LogP contribution in [0.3, 0.4) is 0 Å². The molecule has 0 bridgehead atoms. The zero-order valence-corrected chi connectivity index (χ0v) is 16.5. The highest BCUT2D eigenvalue weighted by atomic mass is 15.3. The van der Waals surface area contributed by atoms with Gasteiger partial charge in [-0.2, -0.15) is 0 Å². The average molecular weight is 349 g/mol. The Morgan fingerprint density at radius 2 is 2.24 bits per heavy atom. The van der Waals surface area contributed by atoms with Crippen molar-refractivity contribution in [2.45, 2.75) is 59.0 Å². The maximum absolute atomic E-state index is 4.84. The fourth-order valence-corrected chi connectivity index (χ4v) is 3.61. The Morgan fingerprint density at radius 1 is 1.40 bits per heavy atom. The smallest absolute Gasteiger partial charge is 0.193 e. The lowest BCUT2D eigenvalue weighted by Gasteiger charge is -2.29. The van der Waals surface area contributed by atoms with Gasteiger partial charge in [-0.05, 0) is 52.6 Å². The van der Waals surface area contributed by atoms with Crippen LogP contribution in [-0.4, -0.2) is 71.1 Å². The van der Waals surface area contributed by atoms with Crippen molar-refractivity contribution in [3.05, 3.63) is 18.2 Å². The molecule has 1 saturated heterocycles. The van der Waals surface area contributed by atoms with E-state index in [4.69, 9.17) is 4.99 Å². The highest BCUT2D eigenvalue weighted by Crippen LogP contribution is 2.17. The third kappa shape index (κ3) is 6.03. The third-order valence-corrected chi connectivity index (χ3v) is 5.08. The molecular formula is C19H36N6. The molecule has 25 heavy (non-hydrogen) atoms. The molecule has 142 valence electrons. The van der Waals surface area contributed by atoms with E-state index in [1.807, 2.05) is 6.20 Å². The normalized spacial score (nSPS) is 18.7. The maximum atomic E-state index is 4.84. The van der Waals surface area contributed by atoms with Gasteiger partial charge in [-0.15, -0.1) is 0 Å². The summed E-state index contributed by atoms with van der Waals surface area (Å²) in [5, 5.41) is 3.44. The van der Waals surface area contributed by atoms with Crippen LogP contribution >= 0.6 is 0 Å². The molecule has 1 aliphatic heterocycles. The number of nitrogens with zero attached hydrogens (tertiary/aromatic N) is 5. The molecule has 2 heterocycles. The number of hydrogen-bond acceptors (Lipinski definition) is 3. The van der Waals surface area contributed by atoms with Gasteiger partial charge >= 0.3 is 0 Å². The minimum absolute atomic E-state index is 0.670. The molecule has 0 spiro atoms. The van der Waals surface area contributed by atoms with Crippen molar-refractivity contribution in [3.8, 4) is 0 Å². The van der Waals surface area contributed by atoms with Gasteiger partial charge in [-0.25, -0.2) is 4.98 Å². The summed E-state index contributed by atoms with van der Waals surface area (Å²) in [7, 11) is 2.17. The van der Waals surface area contributed by atoms with Crippen molar-refractivity contribution in [1.29, 1.82) is 0 Å². The van der Waals surface area contributed by atoms with E-state index in [0.29, 0.717) is 6.04 Å². The topological polar surface area (TPSA) is 48.7 Å². The predicted molar refractivity (Wildman–Crippen MR) is 105 cm³/mol. The quantitative estimate of drug-likeness (QED) is 0.423. The summed E-state index contributed by atoms with van der Waals surface area (Å²) in [6.45, 7) is 12.7. The number of aliphatic imine (C=N–C) groups is 1. The number of nitrogens with one attached hydrogen (secondary N) is 1. The van der Waals surface area contributed by atoms with Gasteiger partial charge < -0.3 is 14.8 Å². The average Bonchev–Trinajstić information content (AvgIpc) is 3.22. The van der Waals surface area contributed by atoms with Crippen LogP contribution in [0.25, 0.3) is 0 Å². The molecule has 1 N–H and O–H groups in total. The Kier molecular flexibility index (Phi) is 8.25. The fraction of sp³-hybridized carbons (Fsp3) is 0.789. The Labute approximate surface area is 153 Å². The Bertz CT molecular complexity index is 524. The first-order chi connectivity index (χ1) is 12.2. The van der Waals surface area contributed by atoms with E-state index >= 15 is 0 Å². The maximum Gasteiger partial charge on any atom is 0.193 e. The van der Waals surface area contributed by atoms with Crippen molar-refractivity contribution in [3.63, 3.8) is 0 Å². The largest absolute Gasteiger partial charge is 0.357 e. The first-order valence-electron chi connectivity index (χ1n) is 9.86. The molecule has 1 fully saturated rings. The SMILES string of the molecule is CCNC(=NCCCCn1ccnc1C)N(C)CC1CCCN1CC. The molecule has 6 heteroatoms. The summed E-state index contributed by atoms with van der Waals surface area (Å²) < 4.78 is 2.21. The first kappa shape index (κ1) is 19.8. The molecule has 1 aliphatic rings. The molecular weight excluding hydrogens is 312 g/mol. The van der Waals surface area contributed by atoms with E-state index in [9.17, 15) is 0 Å². The Morgan fingerprint density at radius 3 is 2.92 bits per heavy atom. The van der Waals surface area contributed by atoms with Crippen molar-refractivity contribution in [1.82, 2.24) is 24.7 Å². The van der Waals surface area contributed by atoms with E-state index in [-0.39, 0.29) is 0 Å². The number of likely N-dealkylation sites (tertiary alicyclic amines) is 1. The molecule has 1 aromatic heterocycles. The molecule has 2 rings (SSSR count). The summed E-state index contributed by atoms with van der Waals surface area (Å²) in [4.78, 5) is 14.0. The second-order valence-electron chi connectivity index (χ2n) is 6.92. The second kappa shape index (κ2) is 10.4. The molecule has 1 unspecified atom stereocenters. The molecule has 0 radical (unpaired) electrons. The molecule has 0 aromatic carbocycles. The lowest BCUT2D eigenvalue weighted by atomic mass is 10.2. The summed E-state index contributed by atoms with van der Waals surface area (Å²) in [6, 6.07) is 0.670. The van der Waals surface area contributed by atoms with E-state index in [1.165, 1.54) is 19.4 Å². The number of imidazole rings is 1. The standard InChI is InChI=1S/C19H36N6/c1-5-20-19(23(4)16-18-10-9-14-24(18)6-2)22-11-7-8-13-25-15-12-21-17(25)3/h12,15,18H,5-11,13-14,16H2,1-4H3,(H,20,22). The number of aromatic nitrogens is 2. The molecule has 1 atom stereocenters. The first-order valence-corrected chi connectivity index (χ1v) is 9.86. The number of unbranched alkanes of at least 4 members (excludes halogenated alkanes) is 1. The number of aryl methyl sites for hydroxylation is 2. The molecule has 0 aliphatic carbocycles. The van der Waals surface area contributed by atoms with Crippen molar-refractivity contribution >= 4 is 5.96 Å². The van der Waals surface area contributed by atoms with Gasteiger partial charge in [0.05, 0.1) is 0 Å². The highest BCUT2D eigenvalue weighted by molar-refractivity contribution is 5.79. The van der Waals surface area contributed by atoms with E-state index in [0.717, 1.165) is 57.3 Å². The van der Waals surface area contributed by atoms with Gasteiger partial charge in [0.15, 0.2) is 5.96 Å². The third-order valence-electron chi connectivity index (χ3n) is 5.08. The van der Waals surface area contributed by atoms with Gasteiger partial charge in [0.25, 0.3) is 0 Å². The summed E-state index contributed by atoms with van der Waals surface area (Å²) >= 11 is 0. The van der Waals surface area contributed by atoms with Crippen LogP contribution in [0.4, 0.5) is 0 Å². The summed E-state index contributed by atoms with van der Waals surface area (Å²) in [6.07, 6.45) is 8.79. The number of hydrogen-bond donors (Lipinski definition) is 1. The van der Waals surface area contributed by atoms with Gasteiger partial charge in [0, 0.05) is 51.7 Å². The number of likely N-dealkylation sites (N-methyl/N-ethyl adjacent to an activating group) is 2. The van der Waals surface area contributed by atoms with Crippen molar-refractivity contribution < 1.29 is 0 Å². The van der Waals surface area contributed by atoms with Gasteiger partial charge in [0.2, 0.25) is 0 Å². The van der Waals surface area contributed by atoms with Crippen LogP contribution in [0, 0.1) is 6.92 Å². The molecule has 1 aromatic rings. The summed E-state index contributed by atoms with van der Waals surface area (Å²) in [5.74, 6) is 2.14. The summed E-state index contributed by atoms with van der Waals surface area (Å²) in [5.41, 5.74) is 0. The Hall–Kier alpha value is -1.56. The van der Waals surface area contributed by atoms with Crippen molar-refractivity contribution in [2.75, 3.05) is 39.8 Å². The lowest BCUT2D eigenvalue weighted by Crippen LogP contribution is -2.46. The van der Waals surface area contributed by atoms with E-state index in [1.54, 1.807) is 0 Å². The van der Waals surface area contributed by atoms with Gasteiger partial charge in [-0.3, -0.25) is 9.89 Å². The minimum atomic E-state index is 0.670. The minimum Gasteiger partial charge on any atom is -0.357 e. The van der Waals surface area contributed by atoms with Crippen LogP contribution in [0.1, 0.15) is 45.4 Å². The number of rotatable bonds is 9. The lowest BCUT2D eigenvalue weighted by molar-refractivity contribution is 0.232. The Balaban J connectivity index is 1.77. The zero-order valence-electron chi connectivity index (χ0n) is 16.5. The highest BCUT2D eigenvalue weighted by Gasteiger charge is 2.24. The second-order valence-corrected chi connectivity index (χ2v) is 6.92. The molecule has 0 amide bonds. The van der Waals surface area contributed by atoms with Crippen LogP contribution in [0.15, 0.2) is 17.4 Å². The van der Waals surface area contributed by atoms with E-state index in [2.05, 4.69) is 58.7 Å². The van der Waals surface area contributed by atoms with Gasteiger partial charge in [-0.1, -0.05) is 6.92 Å².